The number of nitrogens with zero attached hydrogens (tertiary/aromatic N) is 5. The minimum Gasteiger partial charge on any atom is -0.480 e. The van der Waals surface area contributed by atoms with Crippen molar-refractivity contribution in [3.05, 3.63) is 48.0 Å². The second-order valence-electron chi connectivity index (χ2n) is 11.8. The first-order valence-corrected chi connectivity index (χ1v) is 14.9. The topological polar surface area (TPSA) is 141 Å². The predicted molar refractivity (Wildman–Crippen MR) is 154 cm³/mol. The highest BCUT2D eigenvalue weighted by Gasteiger charge is 2.50. The molecule has 4 rings (SSSR count). The number of nitrogens with one attached hydrogen (secondary N) is 1. The van der Waals surface area contributed by atoms with Gasteiger partial charge in [0.1, 0.15) is 45.5 Å². The molecule has 0 saturated carbocycles. The molecule has 0 saturated heterocycles. The van der Waals surface area contributed by atoms with Gasteiger partial charge in [0, 0.05) is 17.2 Å². The molecule has 3 heterocycles. The molecule has 1 aliphatic heterocycles. The highest BCUT2D eigenvalue weighted by molar-refractivity contribution is 7.95. The smallest absolute Gasteiger partial charge is 0.413 e. The van der Waals surface area contributed by atoms with Crippen molar-refractivity contribution < 1.29 is 40.6 Å². The molecule has 1 aromatic carbocycles. The van der Waals surface area contributed by atoms with Crippen LogP contribution in [0.1, 0.15) is 47.1 Å². The fourth-order valence-electron chi connectivity index (χ4n) is 4.40. The van der Waals surface area contributed by atoms with E-state index in [9.17, 15) is 22.2 Å². The second kappa shape index (κ2) is 11.4. The Kier molecular flexibility index (Phi) is 8.54. The van der Waals surface area contributed by atoms with E-state index in [0.29, 0.717) is 22.8 Å². The first kappa shape index (κ1) is 32.8. The van der Waals surface area contributed by atoms with Gasteiger partial charge in [-0.15, -0.1) is 0 Å². The van der Waals surface area contributed by atoms with Crippen LogP contribution in [0.2, 0.25) is 0 Å². The van der Waals surface area contributed by atoms with E-state index >= 15 is 4.39 Å². The number of benzene rings is 1. The molecule has 16 heteroatoms. The fourth-order valence-corrected chi connectivity index (χ4v) is 6.92. The number of amidine groups is 1. The number of hydrogen-bond donors (Lipinski definition) is 1. The molecule has 0 fully saturated rings. The van der Waals surface area contributed by atoms with Crippen LogP contribution in [-0.4, -0.2) is 67.2 Å². The van der Waals surface area contributed by atoms with Gasteiger partial charge in [0.25, 0.3) is 0 Å². The summed E-state index contributed by atoms with van der Waals surface area (Å²) in [6.45, 7) is 7.26. The van der Waals surface area contributed by atoms with Crippen molar-refractivity contribution in [2.24, 2.45) is 9.36 Å². The molecule has 3 aromatic rings. The number of aliphatic imine (C=N–C) groups is 1. The van der Waals surface area contributed by atoms with Gasteiger partial charge >= 0.3 is 12.3 Å². The van der Waals surface area contributed by atoms with Crippen molar-refractivity contribution in [1.82, 2.24) is 20.4 Å². The summed E-state index contributed by atoms with van der Waals surface area (Å²) in [5.74, 6) is -1.12. The number of methoxy groups -OCH3 is 1. The van der Waals surface area contributed by atoms with Crippen LogP contribution in [-0.2, 0) is 20.0 Å². The first-order valence-electron chi connectivity index (χ1n) is 13.3. The van der Waals surface area contributed by atoms with Crippen molar-refractivity contribution in [1.29, 1.82) is 0 Å². The van der Waals surface area contributed by atoms with Crippen LogP contribution < -0.4 is 10.1 Å². The monoisotopic (exact) mass is 640 g/mol. The number of carbonyl (C=O) groups is 1. The molecule has 1 N–H and O–H groups in total. The minimum atomic E-state index is -4.76. The zero-order valence-corrected chi connectivity index (χ0v) is 25.9. The third-order valence-corrected chi connectivity index (χ3v) is 10.0. The number of halogens is 4. The van der Waals surface area contributed by atoms with E-state index in [1.54, 1.807) is 26.8 Å². The maximum Gasteiger partial charge on any atom is 0.413 e. The van der Waals surface area contributed by atoms with Crippen LogP contribution >= 0.6 is 0 Å². The van der Waals surface area contributed by atoms with Gasteiger partial charge in [-0.2, -0.15) is 13.2 Å². The molecular weight excluding hydrogens is 608 g/mol. The van der Waals surface area contributed by atoms with Gasteiger partial charge in [0.15, 0.2) is 5.76 Å². The van der Waals surface area contributed by atoms with Crippen molar-refractivity contribution >= 4 is 21.7 Å². The minimum absolute atomic E-state index is 0.119. The first-order chi connectivity index (χ1) is 20.3. The lowest BCUT2D eigenvalue weighted by Gasteiger charge is -2.42. The normalized spacial score (nSPS) is 21.8. The number of hydrogen-bond acceptors (Lipinski definition) is 10. The van der Waals surface area contributed by atoms with Crippen molar-refractivity contribution in [2.45, 2.75) is 63.6 Å². The van der Waals surface area contributed by atoms with E-state index in [1.165, 1.54) is 52.4 Å². The largest absolute Gasteiger partial charge is 0.480 e. The average molecular weight is 641 g/mol. The van der Waals surface area contributed by atoms with Gasteiger partial charge in [-0.25, -0.2) is 27.7 Å². The molecule has 238 valence electrons. The Balaban J connectivity index is 1.82. The van der Waals surface area contributed by atoms with E-state index in [2.05, 4.69) is 29.8 Å². The maximum atomic E-state index is 15.5. The Hall–Kier alpha value is -4.08. The molecule has 44 heavy (non-hydrogen) atoms. The summed E-state index contributed by atoms with van der Waals surface area (Å²) < 4.78 is 87.4. The molecule has 1 amide bonds. The fraction of sp³-hybridized carbons (Fsp3) is 0.464. The summed E-state index contributed by atoms with van der Waals surface area (Å²) in [4.78, 5) is 25.6. The lowest BCUT2D eigenvalue weighted by Crippen LogP contribution is -2.58. The van der Waals surface area contributed by atoms with E-state index < -0.39 is 56.0 Å². The average Bonchev–Trinajstić information content (AvgIpc) is 3.40. The molecular formula is C28H32F4N6O5S. The molecule has 0 spiro atoms. The quantitative estimate of drug-likeness (QED) is 0.340. The number of amides is 1. The van der Waals surface area contributed by atoms with Crippen LogP contribution in [0.3, 0.4) is 0 Å². The van der Waals surface area contributed by atoms with E-state index in [4.69, 9.17) is 14.0 Å². The molecule has 0 aliphatic carbocycles. The van der Waals surface area contributed by atoms with Crippen LogP contribution in [0.25, 0.3) is 22.7 Å². The zero-order valence-electron chi connectivity index (χ0n) is 25.1. The third-order valence-electron chi connectivity index (χ3n) is 6.72. The number of aromatic nitrogens is 3. The third kappa shape index (κ3) is 7.00. The molecule has 0 radical (unpaired) electrons. The number of ether oxygens (including phenoxy) is 2. The Bertz CT molecular complexity index is 1710. The van der Waals surface area contributed by atoms with Crippen LogP contribution in [0.15, 0.2) is 50.5 Å². The summed E-state index contributed by atoms with van der Waals surface area (Å²) in [6, 6.07) is 5.44. The number of rotatable bonds is 5. The van der Waals surface area contributed by atoms with Crippen molar-refractivity contribution in [3.8, 4) is 28.6 Å². The van der Waals surface area contributed by atoms with Gasteiger partial charge < -0.3 is 14.0 Å². The van der Waals surface area contributed by atoms with E-state index in [0.717, 1.165) is 6.07 Å². The summed E-state index contributed by atoms with van der Waals surface area (Å²) in [7, 11) is -2.41. The molecule has 1 aliphatic rings. The molecule has 2 aromatic heterocycles. The number of alkyl carbamates (subject to hydrolysis) is 1. The van der Waals surface area contributed by atoms with E-state index in [-0.39, 0.29) is 17.2 Å². The molecule has 0 bridgehead atoms. The maximum absolute atomic E-state index is 15.5. The van der Waals surface area contributed by atoms with Gasteiger partial charge in [0.05, 0.1) is 35.0 Å². The standard InChI is InChI=1S/C28H32F4N6O5S/c1-25(2,3)42-24(39)36-23-26(4,5)44(40,35-14-28(30,31)32)15-27(6,37-23)17-10-16(8-9-18(17)29)21-11-19(38-43-21)20-12-34-22(41-7)13-33-20/h8-13H,14-15H2,1-7H3,(H,36,37,39)/t27-,44-/m0/s1. The lowest BCUT2D eigenvalue weighted by molar-refractivity contribution is -0.117. The predicted octanol–water partition coefficient (Wildman–Crippen LogP) is 5.91. The Morgan fingerprint density at radius 3 is 2.41 bits per heavy atom. The van der Waals surface area contributed by atoms with Crippen LogP contribution in [0.5, 0.6) is 5.88 Å². The lowest BCUT2D eigenvalue weighted by atomic mass is 9.91. The Labute approximate surface area is 251 Å². The highest BCUT2D eigenvalue weighted by atomic mass is 32.2. The van der Waals surface area contributed by atoms with E-state index in [1.807, 2.05) is 0 Å². The number of carbonyl (C=O) groups excluding carboxylic acids is 1. The summed E-state index contributed by atoms with van der Waals surface area (Å²) in [6.07, 6.45) is -2.91. The van der Waals surface area contributed by atoms with Crippen LogP contribution in [0, 0.1) is 5.82 Å². The van der Waals surface area contributed by atoms with Gasteiger partial charge in [-0.1, -0.05) is 5.16 Å². The molecule has 0 unspecified atom stereocenters. The summed E-state index contributed by atoms with van der Waals surface area (Å²) >= 11 is 0. The highest BCUT2D eigenvalue weighted by Crippen LogP contribution is 2.41. The van der Waals surface area contributed by atoms with Crippen molar-refractivity contribution in [2.75, 3.05) is 19.4 Å². The van der Waals surface area contributed by atoms with Gasteiger partial charge in [-0.05, 0) is 59.7 Å². The van der Waals surface area contributed by atoms with Crippen LogP contribution in [0.4, 0.5) is 22.4 Å². The van der Waals surface area contributed by atoms with Gasteiger partial charge in [0.2, 0.25) is 5.88 Å². The molecule has 11 nitrogen and oxygen atoms in total. The number of alkyl halides is 3. The van der Waals surface area contributed by atoms with Crippen molar-refractivity contribution in [3.63, 3.8) is 0 Å². The second-order valence-corrected chi connectivity index (χ2v) is 14.6. The zero-order chi connectivity index (χ0) is 32.7. The summed E-state index contributed by atoms with van der Waals surface area (Å²) in [5.41, 5.74) is -1.76. The summed E-state index contributed by atoms with van der Waals surface area (Å²) in [5, 5.41) is 6.43. The Morgan fingerprint density at radius 1 is 1.11 bits per heavy atom. The Morgan fingerprint density at radius 2 is 1.82 bits per heavy atom. The van der Waals surface area contributed by atoms with Gasteiger partial charge in [-0.3, -0.25) is 10.3 Å². The SMILES string of the molecule is COc1cnc(-c2cc(-c3ccc(F)c([C@]4(C)C[S@@](=O)(=NCC(F)(F)F)C(C)(C)C(NC(=O)OC(C)(C)C)=N4)c3)on2)cn1. The molecule has 2 atom stereocenters.